The first-order chi connectivity index (χ1) is 12.2. The molecule has 0 aliphatic heterocycles. The first kappa shape index (κ1) is 17.6. The van der Waals surface area contributed by atoms with Crippen LogP contribution in [0.4, 0.5) is 5.69 Å². The molecular weight excluding hydrogens is 320 g/mol. The van der Waals surface area contributed by atoms with Gasteiger partial charge in [0, 0.05) is 25.7 Å². The highest BCUT2D eigenvalue weighted by atomic mass is 16.6. The van der Waals surface area contributed by atoms with Crippen molar-refractivity contribution in [3.05, 3.63) is 57.9 Å². The molecule has 0 saturated carbocycles. The molecule has 3 rings (SSSR count). The fraction of sp³-hybridized carbons (Fsp3) is 0.500. The summed E-state index contributed by atoms with van der Waals surface area (Å²) in [6.45, 7) is 2.31. The first-order valence-corrected chi connectivity index (χ1v) is 8.78. The molecule has 25 heavy (non-hydrogen) atoms. The van der Waals surface area contributed by atoms with E-state index in [1.807, 2.05) is 0 Å². The van der Waals surface area contributed by atoms with Crippen LogP contribution in [0.15, 0.2) is 36.7 Å². The third kappa shape index (κ3) is 4.24. The molecule has 0 amide bonds. The molecule has 1 heterocycles. The van der Waals surface area contributed by atoms with Crippen molar-refractivity contribution in [2.45, 2.75) is 38.3 Å². The Morgan fingerprint density at radius 3 is 2.96 bits per heavy atom. The molecule has 1 aromatic carbocycles. The number of hydrogen-bond acceptors (Lipinski definition) is 5. The summed E-state index contributed by atoms with van der Waals surface area (Å²) in [6.07, 6.45) is 6.85. The Kier molecular flexibility index (Phi) is 5.78. The lowest BCUT2D eigenvalue weighted by Crippen LogP contribution is -2.35. The lowest BCUT2D eigenvalue weighted by atomic mass is 9.86. The van der Waals surface area contributed by atoms with E-state index in [0.29, 0.717) is 12.6 Å². The van der Waals surface area contributed by atoms with Crippen LogP contribution in [0, 0.1) is 10.1 Å². The minimum absolute atomic E-state index is 0.0184. The molecule has 1 atom stereocenters. The van der Waals surface area contributed by atoms with Gasteiger partial charge in [-0.2, -0.15) is 5.10 Å². The Morgan fingerprint density at radius 1 is 1.36 bits per heavy atom. The predicted octanol–water partition coefficient (Wildman–Crippen LogP) is 2.55. The van der Waals surface area contributed by atoms with E-state index in [1.165, 1.54) is 23.5 Å². The van der Waals surface area contributed by atoms with Crippen LogP contribution in [0.3, 0.4) is 0 Å². The second-order valence-electron chi connectivity index (χ2n) is 6.44. The van der Waals surface area contributed by atoms with E-state index >= 15 is 0 Å². The van der Waals surface area contributed by atoms with Gasteiger partial charge in [0.1, 0.15) is 12.4 Å². The first-order valence-electron chi connectivity index (χ1n) is 8.78. The number of nitrogens with zero attached hydrogens (tertiary/aromatic N) is 4. The van der Waals surface area contributed by atoms with E-state index in [0.717, 1.165) is 38.8 Å². The molecule has 1 unspecified atom stereocenters. The van der Waals surface area contributed by atoms with Crippen LogP contribution < -0.4 is 0 Å². The van der Waals surface area contributed by atoms with Gasteiger partial charge in [0.15, 0.2) is 0 Å². The number of fused-ring (bicyclic) bond motifs is 1. The van der Waals surface area contributed by atoms with E-state index in [9.17, 15) is 15.2 Å². The topological polar surface area (TPSA) is 84.4 Å². The van der Waals surface area contributed by atoms with Gasteiger partial charge in [-0.1, -0.05) is 24.3 Å². The molecule has 0 bridgehead atoms. The molecule has 134 valence electrons. The van der Waals surface area contributed by atoms with E-state index in [1.54, 1.807) is 4.68 Å². The fourth-order valence-corrected chi connectivity index (χ4v) is 3.60. The third-order valence-electron chi connectivity index (χ3n) is 4.83. The van der Waals surface area contributed by atoms with Crippen LogP contribution >= 0.6 is 0 Å². The van der Waals surface area contributed by atoms with Gasteiger partial charge >= 0.3 is 5.69 Å². The number of aliphatic hydroxyl groups excluding tert-OH is 1. The molecule has 0 spiro atoms. The number of aromatic nitrogens is 2. The maximum Gasteiger partial charge on any atom is 0.306 e. The van der Waals surface area contributed by atoms with E-state index < -0.39 is 4.92 Å². The predicted molar refractivity (Wildman–Crippen MR) is 94.3 cm³/mol. The zero-order chi connectivity index (χ0) is 17.6. The Labute approximate surface area is 147 Å². The molecule has 1 aromatic heterocycles. The molecule has 1 N–H and O–H groups in total. The smallest absolute Gasteiger partial charge is 0.306 e. The molecule has 0 radical (unpaired) electrons. The van der Waals surface area contributed by atoms with Crippen LogP contribution in [0.5, 0.6) is 0 Å². The number of benzene rings is 1. The minimum atomic E-state index is -0.426. The summed E-state index contributed by atoms with van der Waals surface area (Å²) in [6, 6.07) is 8.90. The van der Waals surface area contributed by atoms with Crippen molar-refractivity contribution in [1.82, 2.24) is 14.7 Å². The third-order valence-corrected chi connectivity index (χ3v) is 4.83. The standard InChI is InChI=1S/C18H24N4O3/c23-12-4-9-20(10-11-21-14-16(13-19-21)22(24)25)18-8-3-6-15-5-1-2-7-17(15)18/h1-2,5,7,13-14,18,23H,3-4,6,8-12H2. The molecule has 1 aliphatic carbocycles. The van der Waals surface area contributed by atoms with Crippen LogP contribution in [-0.4, -0.2) is 44.4 Å². The second kappa shape index (κ2) is 8.22. The number of nitro groups is 1. The summed E-state index contributed by atoms with van der Waals surface area (Å²) in [5.74, 6) is 0. The highest BCUT2D eigenvalue weighted by molar-refractivity contribution is 5.32. The zero-order valence-electron chi connectivity index (χ0n) is 14.3. The van der Waals surface area contributed by atoms with Crippen molar-refractivity contribution < 1.29 is 10.0 Å². The van der Waals surface area contributed by atoms with Crippen molar-refractivity contribution >= 4 is 5.69 Å². The fourth-order valence-electron chi connectivity index (χ4n) is 3.60. The molecular formula is C18H24N4O3. The number of rotatable bonds is 8. The lowest BCUT2D eigenvalue weighted by molar-refractivity contribution is -0.385. The Morgan fingerprint density at radius 2 is 2.20 bits per heavy atom. The monoisotopic (exact) mass is 344 g/mol. The van der Waals surface area contributed by atoms with Crippen molar-refractivity contribution in [1.29, 1.82) is 0 Å². The largest absolute Gasteiger partial charge is 0.396 e. The Balaban J connectivity index is 1.72. The average molecular weight is 344 g/mol. The van der Waals surface area contributed by atoms with Gasteiger partial charge in [-0.25, -0.2) is 0 Å². The average Bonchev–Trinajstić information content (AvgIpc) is 3.11. The summed E-state index contributed by atoms with van der Waals surface area (Å²) in [5, 5.41) is 24.1. The number of aryl methyl sites for hydroxylation is 1. The van der Waals surface area contributed by atoms with Gasteiger partial charge in [-0.05, 0) is 36.8 Å². The summed E-state index contributed by atoms with van der Waals surface area (Å²) in [5.41, 5.74) is 2.80. The lowest BCUT2D eigenvalue weighted by Gasteiger charge is -2.36. The van der Waals surface area contributed by atoms with Gasteiger partial charge in [0.05, 0.1) is 11.5 Å². The maximum absolute atomic E-state index is 10.8. The second-order valence-corrected chi connectivity index (χ2v) is 6.44. The summed E-state index contributed by atoms with van der Waals surface area (Å²) in [7, 11) is 0. The van der Waals surface area contributed by atoms with Crippen molar-refractivity contribution in [2.24, 2.45) is 0 Å². The van der Waals surface area contributed by atoms with Crippen LogP contribution in [0.1, 0.15) is 36.4 Å². The van der Waals surface area contributed by atoms with Crippen molar-refractivity contribution in [3.63, 3.8) is 0 Å². The molecule has 0 saturated heterocycles. The Bertz CT molecular complexity index is 716. The molecule has 1 aliphatic rings. The number of aliphatic hydroxyl groups is 1. The SMILES string of the molecule is O=[N+]([O-])c1cnn(CCN(CCCO)C2CCCc3ccccc32)c1. The van der Waals surface area contributed by atoms with Gasteiger partial charge in [-0.3, -0.25) is 19.7 Å². The van der Waals surface area contributed by atoms with Crippen LogP contribution in [0.25, 0.3) is 0 Å². The highest BCUT2D eigenvalue weighted by Crippen LogP contribution is 2.34. The van der Waals surface area contributed by atoms with Gasteiger partial charge < -0.3 is 5.11 Å². The van der Waals surface area contributed by atoms with Gasteiger partial charge in [0.25, 0.3) is 0 Å². The summed E-state index contributed by atoms with van der Waals surface area (Å²) in [4.78, 5) is 12.7. The molecule has 7 heteroatoms. The molecule has 7 nitrogen and oxygen atoms in total. The summed E-state index contributed by atoms with van der Waals surface area (Å²) >= 11 is 0. The quantitative estimate of drug-likeness (QED) is 0.588. The molecule has 2 aromatic rings. The minimum Gasteiger partial charge on any atom is -0.396 e. The van der Waals surface area contributed by atoms with Crippen LogP contribution in [0.2, 0.25) is 0 Å². The van der Waals surface area contributed by atoms with Gasteiger partial charge in [0.2, 0.25) is 0 Å². The van der Waals surface area contributed by atoms with Crippen molar-refractivity contribution in [2.75, 3.05) is 19.7 Å². The van der Waals surface area contributed by atoms with Gasteiger partial charge in [-0.15, -0.1) is 0 Å². The number of hydrogen-bond donors (Lipinski definition) is 1. The highest BCUT2D eigenvalue weighted by Gasteiger charge is 2.25. The zero-order valence-corrected chi connectivity index (χ0v) is 14.3. The van der Waals surface area contributed by atoms with E-state index in [4.69, 9.17) is 0 Å². The van der Waals surface area contributed by atoms with E-state index in [-0.39, 0.29) is 12.3 Å². The normalized spacial score (nSPS) is 16.8. The molecule has 0 fully saturated rings. The van der Waals surface area contributed by atoms with E-state index in [2.05, 4.69) is 34.3 Å². The maximum atomic E-state index is 10.8. The van der Waals surface area contributed by atoms with Crippen molar-refractivity contribution in [3.8, 4) is 0 Å². The van der Waals surface area contributed by atoms with Crippen LogP contribution in [-0.2, 0) is 13.0 Å². The Hall–Kier alpha value is -2.25. The summed E-state index contributed by atoms with van der Waals surface area (Å²) < 4.78 is 1.62.